The topological polar surface area (TPSA) is 83.5 Å². The molecule has 0 radical (unpaired) electrons. The van der Waals surface area contributed by atoms with Crippen LogP contribution in [0.1, 0.15) is 41.5 Å². The summed E-state index contributed by atoms with van der Waals surface area (Å²) in [5.41, 5.74) is 2.30. The summed E-state index contributed by atoms with van der Waals surface area (Å²) < 4.78 is 61.7. The summed E-state index contributed by atoms with van der Waals surface area (Å²) in [5, 5.41) is 0.310. The van der Waals surface area contributed by atoms with Crippen molar-refractivity contribution >= 4 is 27.5 Å². The third kappa shape index (κ3) is 4.94. The van der Waals surface area contributed by atoms with Gasteiger partial charge < -0.3 is 9.80 Å². The molecular formula is C28H26ClF3N4O3S. The van der Waals surface area contributed by atoms with E-state index in [0.29, 0.717) is 42.5 Å². The highest BCUT2D eigenvalue weighted by molar-refractivity contribution is 7.90. The second-order valence-corrected chi connectivity index (χ2v) is 13.6. The number of urea groups is 1. The molecule has 12 heteroatoms. The predicted molar refractivity (Wildman–Crippen MR) is 143 cm³/mol. The molecule has 1 aliphatic carbocycles. The Morgan fingerprint density at radius 2 is 1.60 bits per heavy atom. The molecule has 0 bridgehead atoms. The van der Waals surface area contributed by atoms with Gasteiger partial charge >= 0.3 is 12.2 Å². The number of aromatic nitrogens is 2. The van der Waals surface area contributed by atoms with Gasteiger partial charge in [0.25, 0.3) is 0 Å². The molecule has 7 nitrogen and oxygen atoms in total. The highest BCUT2D eigenvalue weighted by atomic mass is 35.5. The number of rotatable bonds is 4. The van der Waals surface area contributed by atoms with Crippen molar-refractivity contribution in [3.63, 3.8) is 0 Å². The summed E-state index contributed by atoms with van der Waals surface area (Å²) in [6.45, 7) is 2.55. The standard InChI is InChI=1S/C28H26ClF3N4O3S/c1-40(38,39)21-4-5-22(23(29)8-21)24-6-2-18(11-33-24)20-13-35(14-20)26(37)36-15-27(16-36)9-19(10-27)17-3-7-25(34-12-17)28(30,31)32/h2-8,11-12,19-20H,9-10,13-16H2,1H3. The van der Waals surface area contributed by atoms with Gasteiger partial charge in [0.15, 0.2) is 9.84 Å². The Hall–Kier alpha value is -3.18. The summed E-state index contributed by atoms with van der Waals surface area (Å²) in [6.07, 6.45) is 1.50. The minimum atomic E-state index is -4.44. The minimum Gasteiger partial charge on any atom is -0.323 e. The van der Waals surface area contributed by atoms with E-state index in [1.807, 2.05) is 21.9 Å². The molecule has 3 aliphatic rings. The Labute approximate surface area is 234 Å². The van der Waals surface area contributed by atoms with Crippen LogP contribution in [0.4, 0.5) is 18.0 Å². The number of benzene rings is 1. The lowest BCUT2D eigenvalue weighted by atomic mass is 9.56. The van der Waals surface area contributed by atoms with E-state index in [0.717, 1.165) is 36.3 Å². The van der Waals surface area contributed by atoms with E-state index in [-0.39, 0.29) is 28.2 Å². The molecule has 3 fully saturated rings. The summed E-state index contributed by atoms with van der Waals surface area (Å²) in [7, 11) is -3.35. The maximum atomic E-state index is 12.9. The van der Waals surface area contributed by atoms with Gasteiger partial charge in [0, 0.05) is 61.7 Å². The lowest BCUT2D eigenvalue weighted by Crippen LogP contribution is -2.67. The Morgan fingerprint density at radius 3 is 2.15 bits per heavy atom. The molecule has 2 aliphatic heterocycles. The van der Waals surface area contributed by atoms with E-state index in [1.165, 1.54) is 24.4 Å². The van der Waals surface area contributed by atoms with Gasteiger partial charge in [-0.05, 0) is 54.2 Å². The van der Waals surface area contributed by atoms with E-state index in [4.69, 9.17) is 11.6 Å². The molecule has 4 heterocycles. The smallest absolute Gasteiger partial charge is 0.323 e. The molecular weight excluding hydrogens is 565 g/mol. The maximum absolute atomic E-state index is 12.9. The fourth-order valence-electron chi connectivity index (χ4n) is 5.98. The molecule has 1 saturated carbocycles. The van der Waals surface area contributed by atoms with Crippen molar-refractivity contribution in [2.24, 2.45) is 5.41 Å². The highest BCUT2D eigenvalue weighted by Gasteiger charge is 2.55. The van der Waals surface area contributed by atoms with Gasteiger partial charge in [-0.1, -0.05) is 29.8 Å². The summed E-state index contributed by atoms with van der Waals surface area (Å²) in [4.78, 5) is 24.8. The van der Waals surface area contributed by atoms with Crippen LogP contribution in [-0.4, -0.2) is 66.7 Å². The van der Waals surface area contributed by atoms with Crippen molar-refractivity contribution in [2.45, 2.75) is 35.7 Å². The third-order valence-electron chi connectivity index (χ3n) is 8.28. The Kier molecular flexibility index (Phi) is 6.38. The van der Waals surface area contributed by atoms with E-state index in [9.17, 15) is 26.4 Å². The van der Waals surface area contributed by atoms with Crippen molar-refractivity contribution in [1.29, 1.82) is 0 Å². The first-order chi connectivity index (χ1) is 18.8. The summed E-state index contributed by atoms with van der Waals surface area (Å²) in [6, 6.07) is 11.0. The van der Waals surface area contributed by atoms with Gasteiger partial charge in [-0.2, -0.15) is 13.2 Å². The fourth-order valence-corrected chi connectivity index (χ4v) is 6.97. The first kappa shape index (κ1) is 27.0. The molecule has 3 aromatic rings. The Balaban J connectivity index is 0.985. The summed E-state index contributed by atoms with van der Waals surface area (Å²) >= 11 is 6.31. The molecule has 0 unspecified atom stereocenters. The molecule has 0 N–H and O–H groups in total. The number of hydrogen-bond donors (Lipinski definition) is 0. The molecule has 2 amide bonds. The monoisotopic (exact) mass is 590 g/mol. The predicted octanol–water partition coefficient (Wildman–Crippen LogP) is 5.62. The zero-order valence-corrected chi connectivity index (χ0v) is 23.1. The maximum Gasteiger partial charge on any atom is 0.433 e. The van der Waals surface area contributed by atoms with E-state index < -0.39 is 21.7 Å². The number of hydrogen-bond acceptors (Lipinski definition) is 5. The highest BCUT2D eigenvalue weighted by Crippen LogP contribution is 2.56. The molecule has 2 aromatic heterocycles. The first-order valence-corrected chi connectivity index (χ1v) is 15.1. The number of nitrogens with zero attached hydrogens (tertiary/aromatic N) is 4. The molecule has 0 atom stereocenters. The number of likely N-dealkylation sites (tertiary alicyclic amines) is 2. The lowest BCUT2D eigenvalue weighted by molar-refractivity contribution is -0.141. The van der Waals surface area contributed by atoms with Gasteiger partial charge in [0.2, 0.25) is 0 Å². The average Bonchev–Trinajstić information content (AvgIpc) is 2.81. The van der Waals surface area contributed by atoms with Crippen molar-refractivity contribution in [3.05, 3.63) is 76.7 Å². The van der Waals surface area contributed by atoms with Crippen LogP contribution in [0.5, 0.6) is 0 Å². The first-order valence-electron chi connectivity index (χ1n) is 12.8. The van der Waals surface area contributed by atoms with Crippen LogP contribution in [0, 0.1) is 5.41 Å². The zero-order valence-electron chi connectivity index (χ0n) is 21.5. The fraction of sp³-hybridized carbons (Fsp3) is 0.393. The number of halogens is 4. The van der Waals surface area contributed by atoms with E-state index in [1.54, 1.807) is 12.3 Å². The summed E-state index contributed by atoms with van der Waals surface area (Å²) in [5.74, 6) is 0.368. The van der Waals surface area contributed by atoms with Gasteiger partial charge in [-0.25, -0.2) is 13.2 Å². The van der Waals surface area contributed by atoms with Gasteiger partial charge in [-0.3, -0.25) is 9.97 Å². The van der Waals surface area contributed by atoms with Gasteiger partial charge in [0.05, 0.1) is 15.6 Å². The van der Waals surface area contributed by atoms with Crippen LogP contribution < -0.4 is 0 Å². The van der Waals surface area contributed by atoms with Crippen LogP contribution >= 0.6 is 11.6 Å². The zero-order chi connectivity index (χ0) is 28.4. The molecule has 2 saturated heterocycles. The number of amides is 2. The second-order valence-electron chi connectivity index (χ2n) is 11.2. The van der Waals surface area contributed by atoms with Crippen molar-refractivity contribution in [3.8, 4) is 11.3 Å². The van der Waals surface area contributed by atoms with Crippen molar-refractivity contribution in [1.82, 2.24) is 19.8 Å². The second kappa shape index (κ2) is 9.44. The van der Waals surface area contributed by atoms with Crippen LogP contribution in [-0.2, 0) is 16.0 Å². The normalized spacial score (nSPS) is 19.2. The molecule has 1 aromatic carbocycles. The SMILES string of the molecule is CS(=O)(=O)c1ccc(-c2ccc(C3CN(C(=O)N4CC5(CC(c6ccc(C(F)(F)F)nc6)C5)C4)C3)cn2)c(Cl)c1. The van der Waals surface area contributed by atoms with E-state index >= 15 is 0 Å². The Morgan fingerprint density at radius 1 is 0.950 bits per heavy atom. The lowest BCUT2D eigenvalue weighted by Gasteiger charge is -2.60. The van der Waals surface area contributed by atoms with Crippen LogP contribution in [0.2, 0.25) is 5.02 Å². The van der Waals surface area contributed by atoms with Gasteiger partial charge in [-0.15, -0.1) is 0 Å². The Bertz CT molecular complexity index is 1560. The van der Waals surface area contributed by atoms with Gasteiger partial charge in [0.1, 0.15) is 5.69 Å². The molecule has 40 heavy (non-hydrogen) atoms. The molecule has 210 valence electrons. The minimum absolute atomic E-state index is 0.0175. The quantitative estimate of drug-likeness (QED) is 0.394. The molecule has 1 spiro atoms. The largest absolute Gasteiger partial charge is 0.433 e. The number of sulfone groups is 1. The number of carbonyl (C=O) groups excluding carboxylic acids is 1. The average molecular weight is 591 g/mol. The van der Waals surface area contributed by atoms with Crippen molar-refractivity contribution < 1.29 is 26.4 Å². The van der Waals surface area contributed by atoms with Crippen molar-refractivity contribution in [2.75, 3.05) is 32.4 Å². The third-order valence-corrected chi connectivity index (χ3v) is 9.71. The van der Waals surface area contributed by atoms with Crippen LogP contribution in [0.15, 0.2) is 59.8 Å². The number of alkyl halides is 3. The van der Waals surface area contributed by atoms with Crippen LogP contribution in [0.3, 0.4) is 0 Å². The number of carbonyl (C=O) groups is 1. The van der Waals surface area contributed by atoms with Crippen LogP contribution in [0.25, 0.3) is 11.3 Å². The molecule has 6 rings (SSSR count). The van der Waals surface area contributed by atoms with E-state index in [2.05, 4.69) is 9.97 Å². The number of pyridine rings is 2.